The van der Waals surface area contributed by atoms with Gasteiger partial charge in [0.15, 0.2) is 0 Å². The second-order valence-electron chi connectivity index (χ2n) is 4.17. The molecule has 0 saturated carbocycles. The first-order valence-electron chi connectivity index (χ1n) is 4.32. The lowest BCUT2D eigenvalue weighted by Crippen LogP contribution is -2.45. The average Bonchev–Trinajstić information content (AvgIpc) is 2.00. The zero-order valence-electron chi connectivity index (χ0n) is 8.89. The van der Waals surface area contributed by atoms with Crippen LogP contribution in [0.25, 0.3) is 0 Å². The van der Waals surface area contributed by atoms with Gasteiger partial charge < -0.3 is 4.90 Å². The Morgan fingerprint density at radius 2 is 1.58 bits per heavy atom. The fourth-order valence-corrected chi connectivity index (χ4v) is 1.18. The Balaban J connectivity index is 3.78. The summed E-state index contributed by atoms with van der Waals surface area (Å²) < 4.78 is 0. The Labute approximate surface area is 85.0 Å². The summed E-state index contributed by atoms with van der Waals surface area (Å²) in [5.41, 5.74) is 0.260. The quantitative estimate of drug-likeness (QED) is 0.671. The molecule has 3 heteroatoms. The van der Waals surface area contributed by atoms with Gasteiger partial charge in [-0.25, -0.2) is 0 Å². The molecular weight excluding hydrogens is 216 g/mol. The van der Waals surface area contributed by atoms with Gasteiger partial charge in [0.1, 0.15) is 0 Å². The van der Waals surface area contributed by atoms with Gasteiger partial charge in [0.2, 0.25) is 0 Å². The first-order valence-corrected chi connectivity index (χ1v) is 5.44. The Morgan fingerprint density at radius 1 is 1.08 bits per heavy atom. The van der Waals surface area contributed by atoms with E-state index in [1.165, 1.54) is 0 Å². The van der Waals surface area contributed by atoms with Crippen LogP contribution in [-0.4, -0.2) is 54.9 Å². The molecule has 0 unspecified atom stereocenters. The van der Waals surface area contributed by atoms with Gasteiger partial charge in [-0.2, -0.15) is 0 Å². The zero-order chi connectivity index (χ0) is 9.78. The van der Waals surface area contributed by atoms with Gasteiger partial charge >= 0.3 is 0 Å². The van der Waals surface area contributed by atoms with E-state index in [9.17, 15) is 0 Å². The average molecular weight is 237 g/mol. The van der Waals surface area contributed by atoms with Crippen LogP contribution in [0.1, 0.15) is 13.8 Å². The van der Waals surface area contributed by atoms with Crippen molar-refractivity contribution in [1.82, 2.24) is 9.80 Å². The molecule has 0 rings (SSSR count). The summed E-state index contributed by atoms with van der Waals surface area (Å²) in [6.07, 6.45) is 0. The molecule has 74 valence electrons. The summed E-state index contributed by atoms with van der Waals surface area (Å²) in [6.45, 7) is 6.73. The van der Waals surface area contributed by atoms with Gasteiger partial charge in [0.25, 0.3) is 0 Å². The fourth-order valence-electron chi connectivity index (χ4n) is 0.755. The standard InChI is InChI=1S/C9H21BrN2/c1-9(2,8-10)12(5)7-6-11(3)4/h6-8H2,1-5H3. The molecule has 0 aromatic carbocycles. The number of nitrogens with zero attached hydrogens (tertiary/aromatic N) is 2. The van der Waals surface area contributed by atoms with Crippen LogP contribution in [0.5, 0.6) is 0 Å². The molecule has 0 atom stereocenters. The van der Waals surface area contributed by atoms with Crippen LogP contribution < -0.4 is 0 Å². The van der Waals surface area contributed by atoms with Crippen molar-refractivity contribution in [1.29, 1.82) is 0 Å². The molecule has 0 aliphatic rings. The van der Waals surface area contributed by atoms with Crippen molar-refractivity contribution in [2.24, 2.45) is 0 Å². The largest absolute Gasteiger partial charge is 0.308 e. The topological polar surface area (TPSA) is 6.48 Å². The highest BCUT2D eigenvalue weighted by molar-refractivity contribution is 9.09. The number of hydrogen-bond donors (Lipinski definition) is 0. The molecule has 0 amide bonds. The Hall–Kier alpha value is 0.400. The minimum atomic E-state index is 0.260. The monoisotopic (exact) mass is 236 g/mol. The third kappa shape index (κ3) is 4.43. The molecule has 2 nitrogen and oxygen atoms in total. The molecule has 0 fully saturated rings. The normalized spacial score (nSPS) is 13.0. The summed E-state index contributed by atoms with van der Waals surface area (Å²) in [5, 5.41) is 1.02. The number of likely N-dealkylation sites (N-methyl/N-ethyl adjacent to an activating group) is 2. The van der Waals surface area contributed by atoms with Crippen LogP contribution >= 0.6 is 15.9 Å². The SMILES string of the molecule is CN(C)CCN(C)C(C)(C)CBr. The first kappa shape index (κ1) is 12.4. The van der Waals surface area contributed by atoms with Gasteiger partial charge in [-0.15, -0.1) is 0 Å². The van der Waals surface area contributed by atoms with Crippen molar-refractivity contribution in [3.63, 3.8) is 0 Å². The van der Waals surface area contributed by atoms with Crippen molar-refractivity contribution < 1.29 is 0 Å². The number of rotatable bonds is 5. The highest BCUT2D eigenvalue weighted by Crippen LogP contribution is 2.14. The molecular formula is C9H21BrN2. The molecule has 0 aliphatic heterocycles. The van der Waals surface area contributed by atoms with Crippen molar-refractivity contribution in [3.8, 4) is 0 Å². The van der Waals surface area contributed by atoms with E-state index < -0.39 is 0 Å². The second kappa shape index (κ2) is 5.20. The molecule has 0 heterocycles. The van der Waals surface area contributed by atoms with Crippen molar-refractivity contribution >= 4 is 15.9 Å². The van der Waals surface area contributed by atoms with E-state index in [1.54, 1.807) is 0 Å². The van der Waals surface area contributed by atoms with Gasteiger partial charge in [0.05, 0.1) is 0 Å². The highest BCUT2D eigenvalue weighted by Gasteiger charge is 2.21. The molecule has 12 heavy (non-hydrogen) atoms. The van der Waals surface area contributed by atoms with E-state index in [0.717, 1.165) is 18.4 Å². The molecule has 0 aromatic heterocycles. The summed E-state index contributed by atoms with van der Waals surface area (Å²) in [5.74, 6) is 0. The van der Waals surface area contributed by atoms with E-state index in [0.29, 0.717) is 0 Å². The zero-order valence-corrected chi connectivity index (χ0v) is 10.5. The van der Waals surface area contributed by atoms with Crippen LogP contribution in [-0.2, 0) is 0 Å². The number of hydrogen-bond acceptors (Lipinski definition) is 2. The number of halogens is 1. The van der Waals surface area contributed by atoms with E-state index in [-0.39, 0.29) is 5.54 Å². The van der Waals surface area contributed by atoms with Crippen molar-refractivity contribution in [2.75, 3.05) is 39.6 Å². The molecule has 0 N–H and O–H groups in total. The lowest BCUT2D eigenvalue weighted by molar-refractivity contribution is 0.166. The summed E-state index contributed by atoms with van der Waals surface area (Å²) >= 11 is 3.52. The fraction of sp³-hybridized carbons (Fsp3) is 1.00. The molecule has 0 saturated heterocycles. The van der Waals surface area contributed by atoms with Gasteiger partial charge in [-0.05, 0) is 35.0 Å². The minimum Gasteiger partial charge on any atom is -0.308 e. The maximum Gasteiger partial charge on any atom is 0.0247 e. The Morgan fingerprint density at radius 3 is 1.92 bits per heavy atom. The van der Waals surface area contributed by atoms with Crippen LogP contribution in [0.4, 0.5) is 0 Å². The predicted octanol–water partition coefficient (Wildman–Crippen LogP) is 1.65. The van der Waals surface area contributed by atoms with Crippen molar-refractivity contribution in [3.05, 3.63) is 0 Å². The van der Waals surface area contributed by atoms with E-state index >= 15 is 0 Å². The van der Waals surface area contributed by atoms with E-state index in [2.05, 4.69) is 60.7 Å². The van der Waals surface area contributed by atoms with E-state index in [1.807, 2.05) is 0 Å². The predicted molar refractivity (Wildman–Crippen MR) is 59.1 cm³/mol. The summed E-state index contributed by atoms with van der Waals surface area (Å²) in [6, 6.07) is 0. The molecule has 0 aromatic rings. The minimum absolute atomic E-state index is 0.260. The molecule has 0 aliphatic carbocycles. The van der Waals surface area contributed by atoms with Crippen molar-refractivity contribution in [2.45, 2.75) is 19.4 Å². The summed E-state index contributed by atoms with van der Waals surface area (Å²) in [4.78, 5) is 4.59. The van der Waals surface area contributed by atoms with Crippen LogP contribution in [0.2, 0.25) is 0 Å². The lowest BCUT2D eigenvalue weighted by Gasteiger charge is -2.34. The lowest BCUT2D eigenvalue weighted by atomic mass is 10.1. The van der Waals surface area contributed by atoms with E-state index in [4.69, 9.17) is 0 Å². The van der Waals surface area contributed by atoms with Crippen LogP contribution in [0.3, 0.4) is 0 Å². The maximum absolute atomic E-state index is 3.52. The third-order valence-corrected chi connectivity index (χ3v) is 3.62. The van der Waals surface area contributed by atoms with Crippen LogP contribution in [0.15, 0.2) is 0 Å². The number of alkyl halides is 1. The Kier molecular flexibility index (Phi) is 5.37. The molecule has 0 spiro atoms. The van der Waals surface area contributed by atoms with Crippen LogP contribution in [0, 0.1) is 0 Å². The first-order chi connectivity index (χ1) is 5.40. The van der Waals surface area contributed by atoms with Gasteiger partial charge in [0, 0.05) is 24.0 Å². The summed E-state index contributed by atoms with van der Waals surface area (Å²) in [7, 11) is 6.38. The third-order valence-electron chi connectivity index (χ3n) is 2.24. The molecule has 0 radical (unpaired) electrons. The highest BCUT2D eigenvalue weighted by atomic mass is 79.9. The smallest absolute Gasteiger partial charge is 0.0247 e. The Bertz CT molecular complexity index is 124. The second-order valence-corrected chi connectivity index (χ2v) is 4.73. The maximum atomic E-state index is 3.52. The van der Waals surface area contributed by atoms with Gasteiger partial charge in [-0.1, -0.05) is 15.9 Å². The molecule has 0 bridgehead atoms. The van der Waals surface area contributed by atoms with Gasteiger partial charge in [-0.3, -0.25) is 4.90 Å².